The number of aliphatic imine (C=N–C) groups is 1. The van der Waals surface area contributed by atoms with Gasteiger partial charge in [0.15, 0.2) is 0 Å². The van der Waals surface area contributed by atoms with Crippen LogP contribution in [0.5, 0.6) is 5.75 Å². The zero-order valence-electron chi connectivity index (χ0n) is 12.0. The molecule has 0 fully saturated rings. The third-order valence-corrected chi connectivity index (χ3v) is 3.32. The van der Waals surface area contributed by atoms with Crippen molar-refractivity contribution in [3.8, 4) is 5.75 Å². The van der Waals surface area contributed by atoms with E-state index in [4.69, 9.17) is 4.74 Å². The minimum atomic E-state index is 0. The number of halogens is 1. The highest BCUT2D eigenvalue weighted by Crippen LogP contribution is 2.34. The fourth-order valence-electron chi connectivity index (χ4n) is 2.14. The van der Waals surface area contributed by atoms with E-state index in [0.29, 0.717) is 0 Å². The maximum Gasteiger partial charge on any atom is 0.121 e. The van der Waals surface area contributed by atoms with Gasteiger partial charge in [-0.15, -0.1) is 24.0 Å². The summed E-state index contributed by atoms with van der Waals surface area (Å²) in [6.07, 6.45) is 14.3. The van der Waals surface area contributed by atoms with Crippen LogP contribution in [0.25, 0.3) is 5.57 Å². The Bertz CT molecular complexity index is 668. The Hall–Kier alpha value is -1.82. The second kappa shape index (κ2) is 6.76. The van der Waals surface area contributed by atoms with Gasteiger partial charge < -0.3 is 9.64 Å². The van der Waals surface area contributed by atoms with Crippen molar-refractivity contribution >= 4 is 41.5 Å². The van der Waals surface area contributed by atoms with Crippen molar-refractivity contribution in [2.45, 2.75) is 0 Å². The number of fused-ring (bicyclic) bond motifs is 1. The zero-order valence-corrected chi connectivity index (χ0v) is 14.3. The summed E-state index contributed by atoms with van der Waals surface area (Å²) in [4.78, 5) is 6.44. The van der Waals surface area contributed by atoms with Crippen LogP contribution in [0.2, 0.25) is 0 Å². The minimum absolute atomic E-state index is 0. The molecule has 2 aliphatic heterocycles. The lowest BCUT2D eigenvalue weighted by Gasteiger charge is -2.11. The SMILES string of the molecule is COc1ccc2c(c1)N=CC2=CC=C1C=CN(C)C=C1.I. The Labute approximate surface area is 142 Å². The lowest BCUT2D eigenvalue weighted by atomic mass is 10.1. The Morgan fingerprint density at radius 3 is 2.62 bits per heavy atom. The van der Waals surface area contributed by atoms with Gasteiger partial charge in [-0.05, 0) is 29.9 Å². The van der Waals surface area contributed by atoms with Crippen molar-refractivity contribution in [1.82, 2.24) is 4.90 Å². The molecule has 0 unspecified atom stereocenters. The van der Waals surface area contributed by atoms with Gasteiger partial charge in [-0.1, -0.05) is 12.2 Å². The quantitative estimate of drug-likeness (QED) is 0.701. The molecule has 1 aromatic rings. The van der Waals surface area contributed by atoms with Crippen molar-refractivity contribution in [2.75, 3.05) is 14.2 Å². The summed E-state index contributed by atoms with van der Waals surface area (Å²) >= 11 is 0. The van der Waals surface area contributed by atoms with Crippen LogP contribution < -0.4 is 4.74 Å². The monoisotopic (exact) mass is 392 g/mol. The molecule has 0 aliphatic carbocycles. The van der Waals surface area contributed by atoms with Gasteiger partial charge in [-0.25, -0.2) is 0 Å². The molecule has 0 aromatic heterocycles. The summed E-state index contributed by atoms with van der Waals surface area (Å²) in [7, 11) is 3.68. The van der Waals surface area contributed by atoms with Crippen molar-refractivity contribution in [2.24, 2.45) is 4.99 Å². The van der Waals surface area contributed by atoms with Gasteiger partial charge >= 0.3 is 0 Å². The molecule has 0 atom stereocenters. The van der Waals surface area contributed by atoms with Crippen molar-refractivity contribution < 1.29 is 4.74 Å². The molecule has 0 radical (unpaired) electrons. The third kappa shape index (κ3) is 3.44. The molecule has 2 heterocycles. The van der Waals surface area contributed by atoms with Gasteiger partial charge in [0.1, 0.15) is 5.75 Å². The first kappa shape index (κ1) is 15.6. The molecule has 0 amide bonds. The first-order valence-corrected chi connectivity index (χ1v) is 6.49. The van der Waals surface area contributed by atoms with E-state index in [0.717, 1.165) is 22.6 Å². The predicted molar refractivity (Wildman–Crippen MR) is 98.7 cm³/mol. The third-order valence-electron chi connectivity index (χ3n) is 3.32. The Kier molecular flexibility index (Phi) is 5.01. The maximum atomic E-state index is 5.21. The molecule has 0 spiro atoms. The van der Waals surface area contributed by atoms with E-state index < -0.39 is 0 Å². The molecule has 4 heteroatoms. The number of allylic oxidation sites excluding steroid dienone is 6. The molecular formula is C17H17IN2O. The number of rotatable bonds is 2. The second-order valence-corrected chi connectivity index (χ2v) is 4.73. The van der Waals surface area contributed by atoms with Crippen LogP contribution in [-0.2, 0) is 0 Å². The normalized spacial score (nSPS) is 17.0. The molecule has 2 aliphatic rings. The van der Waals surface area contributed by atoms with Gasteiger partial charge in [-0.3, -0.25) is 4.99 Å². The summed E-state index contributed by atoms with van der Waals surface area (Å²) in [5.74, 6) is 0.835. The molecule has 3 nitrogen and oxygen atoms in total. The highest BCUT2D eigenvalue weighted by Gasteiger charge is 2.12. The number of methoxy groups -OCH3 is 1. The highest BCUT2D eigenvalue weighted by molar-refractivity contribution is 14.0. The van der Waals surface area contributed by atoms with Crippen LogP contribution >= 0.6 is 24.0 Å². The fraction of sp³-hybridized carbons (Fsp3) is 0.118. The topological polar surface area (TPSA) is 24.8 Å². The molecular weight excluding hydrogens is 375 g/mol. The van der Waals surface area contributed by atoms with Gasteiger partial charge in [0.05, 0.1) is 12.8 Å². The Balaban J connectivity index is 0.00000161. The van der Waals surface area contributed by atoms with E-state index in [9.17, 15) is 0 Å². The van der Waals surface area contributed by atoms with E-state index in [-0.39, 0.29) is 24.0 Å². The van der Waals surface area contributed by atoms with Gasteiger partial charge in [0.25, 0.3) is 0 Å². The van der Waals surface area contributed by atoms with Crippen LogP contribution in [0.1, 0.15) is 5.56 Å². The lowest BCUT2D eigenvalue weighted by molar-refractivity contribution is 0.415. The van der Waals surface area contributed by atoms with Crippen LogP contribution in [0, 0.1) is 0 Å². The average Bonchev–Trinajstić information content (AvgIpc) is 2.89. The van der Waals surface area contributed by atoms with Crippen molar-refractivity contribution in [3.05, 3.63) is 66.0 Å². The first-order valence-electron chi connectivity index (χ1n) is 6.49. The summed E-state index contributed by atoms with van der Waals surface area (Å²) in [6, 6.07) is 5.96. The Morgan fingerprint density at radius 1 is 1.14 bits per heavy atom. The van der Waals surface area contributed by atoms with Crippen LogP contribution in [0.4, 0.5) is 5.69 Å². The Morgan fingerprint density at radius 2 is 1.90 bits per heavy atom. The lowest BCUT2D eigenvalue weighted by Crippen LogP contribution is -2.02. The second-order valence-electron chi connectivity index (χ2n) is 4.73. The zero-order chi connectivity index (χ0) is 13.9. The average molecular weight is 392 g/mol. The molecule has 3 rings (SSSR count). The summed E-state index contributed by atoms with van der Waals surface area (Å²) < 4.78 is 5.21. The minimum Gasteiger partial charge on any atom is -0.497 e. The summed E-state index contributed by atoms with van der Waals surface area (Å²) in [5, 5.41) is 0. The number of nitrogens with zero attached hydrogens (tertiary/aromatic N) is 2. The number of hydrogen-bond acceptors (Lipinski definition) is 3. The fourth-order valence-corrected chi connectivity index (χ4v) is 2.14. The largest absolute Gasteiger partial charge is 0.497 e. The van der Waals surface area contributed by atoms with Crippen molar-refractivity contribution in [1.29, 1.82) is 0 Å². The first-order chi connectivity index (χ1) is 9.76. The highest BCUT2D eigenvalue weighted by atomic mass is 127. The van der Waals surface area contributed by atoms with Crippen molar-refractivity contribution in [3.63, 3.8) is 0 Å². The number of benzene rings is 1. The van der Waals surface area contributed by atoms with Crippen LogP contribution in [0.15, 0.2) is 65.5 Å². The molecule has 21 heavy (non-hydrogen) atoms. The van der Waals surface area contributed by atoms with Gasteiger partial charge in [0, 0.05) is 42.9 Å². The molecule has 0 saturated carbocycles. The van der Waals surface area contributed by atoms with Crippen LogP contribution in [0.3, 0.4) is 0 Å². The molecule has 1 aromatic carbocycles. The van der Waals surface area contributed by atoms with Gasteiger partial charge in [-0.2, -0.15) is 0 Å². The molecule has 108 valence electrons. The van der Waals surface area contributed by atoms with E-state index >= 15 is 0 Å². The smallest absolute Gasteiger partial charge is 0.121 e. The molecule has 0 bridgehead atoms. The summed E-state index contributed by atoms with van der Waals surface area (Å²) in [5.41, 5.74) is 4.40. The van der Waals surface area contributed by atoms with E-state index in [1.54, 1.807) is 7.11 Å². The number of hydrogen-bond donors (Lipinski definition) is 0. The van der Waals surface area contributed by atoms with Crippen LogP contribution in [-0.4, -0.2) is 25.3 Å². The van der Waals surface area contributed by atoms with Gasteiger partial charge in [0.2, 0.25) is 0 Å². The predicted octanol–water partition coefficient (Wildman–Crippen LogP) is 4.31. The van der Waals surface area contributed by atoms with E-state index in [1.165, 1.54) is 5.57 Å². The molecule has 0 saturated heterocycles. The van der Waals surface area contributed by atoms with E-state index in [2.05, 4.69) is 29.3 Å². The standard InChI is InChI=1S/C17H16N2O.HI/c1-19-9-7-13(8-10-19)3-4-14-12-18-17-11-15(20-2)5-6-16(14)17;/h3-12H,1-2H3;1H. The summed E-state index contributed by atoms with van der Waals surface area (Å²) in [6.45, 7) is 0. The number of ether oxygens (including phenoxy) is 1. The van der Waals surface area contributed by atoms with E-state index in [1.807, 2.05) is 48.8 Å². The maximum absolute atomic E-state index is 5.21. The molecule has 0 N–H and O–H groups in total.